The predicted octanol–water partition coefficient (Wildman–Crippen LogP) is 2.39. The van der Waals surface area contributed by atoms with Crippen molar-refractivity contribution in [1.29, 1.82) is 0 Å². The molecule has 1 saturated heterocycles. The lowest BCUT2D eigenvalue weighted by molar-refractivity contribution is -0.140. The van der Waals surface area contributed by atoms with E-state index in [0.29, 0.717) is 23.0 Å². The summed E-state index contributed by atoms with van der Waals surface area (Å²) in [6.45, 7) is 0. The second kappa shape index (κ2) is 4.13. The van der Waals surface area contributed by atoms with Crippen LogP contribution < -0.4 is 0 Å². The molecular weight excluding hydrogens is 320 g/mol. The van der Waals surface area contributed by atoms with E-state index in [9.17, 15) is 9.59 Å². The first-order valence-electron chi connectivity index (χ1n) is 9.69. The van der Waals surface area contributed by atoms with Gasteiger partial charge in [-0.2, -0.15) is 0 Å². The van der Waals surface area contributed by atoms with Crippen LogP contribution in [0.2, 0.25) is 0 Å². The van der Waals surface area contributed by atoms with Gasteiger partial charge in [0.25, 0.3) is 0 Å². The number of carbonyl (C=O) groups excluding carboxylic acids is 2. The van der Waals surface area contributed by atoms with Crippen LogP contribution >= 0.6 is 0 Å². The summed E-state index contributed by atoms with van der Waals surface area (Å²) in [6, 6.07) is 0. The number of ether oxygens (including phenoxy) is 3. The summed E-state index contributed by atoms with van der Waals surface area (Å²) >= 11 is 0. The van der Waals surface area contributed by atoms with Gasteiger partial charge in [0.2, 0.25) is 0 Å². The van der Waals surface area contributed by atoms with Gasteiger partial charge < -0.3 is 14.2 Å². The minimum absolute atomic E-state index is 0.0204. The fourth-order valence-corrected chi connectivity index (χ4v) is 8.48. The molecule has 6 rings (SSSR count). The Morgan fingerprint density at radius 2 is 1.40 bits per heavy atom. The average Bonchev–Trinajstić information content (AvgIpc) is 3.13. The molecule has 0 unspecified atom stereocenters. The van der Waals surface area contributed by atoms with E-state index in [-0.39, 0.29) is 40.4 Å². The molecule has 0 N–H and O–H groups in total. The molecule has 4 saturated carbocycles. The molecule has 6 atom stereocenters. The predicted molar refractivity (Wildman–Crippen MR) is 86.3 cm³/mol. The zero-order valence-corrected chi connectivity index (χ0v) is 14.8. The van der Waals surface area contributed by atoms with Crippen molar-refractivity contribution in [3.8, 4) is 0 Å². The van der Waals surface area contributed by atoms with E-state index in [2.05, 4.69) is 0 Å². The molecule has 5 fully saturated rings. The van der Waals surface area contributed by atoms with Crippen LogP contribution in [-0.2, 0) is 23.8 Å². The largest absolute Gasteiger partial charge is 0.466 e. The minimum Gasteiger partial charge on any atom is -0.466 e. The van der Waals surface area contributed by atoms with Crippen LogP contribution in [0.4, 0.5) is 0 Å². The van der Waals surface area contributed by atoms with E-state index < -0.39 is 0 Å². The normalized spacial score (nSPS) is 49.5. The minimum atomic E-state index is -0.347. The molecule has 5 aliphatic carbocycles. The standard InChI is InChI=1S/C20H24O5/c1-23-16(21)12-13(17(22)24-2)15-18(7-3-4-8-18)14(12)19-10-5-6-11(9-10)20(15,19)25-19/h10-11,14-15H,3-9H2,1-2H3/t10-,11-,14-,15-,19-,20+/m0/s1. The fraction of sp³-hybridized carbons (Fsp3) is 0.800. The number of fused-ring (bicyclic) bond motifs is 2. The van der Waals surface area contributed by atoms with Crippen LogP contribution in [0, 0.1) is 29.1 Å². The highest BCUT2D eigenvalue weighted by Gasteiger charge is 2.97. The molecule has 0 aromatic heterocycles. The van der Waals surface area contributed by atoms with Crippen LogP contribution in [0.3, 0.4) is 0 Å². The van der Waals surface area contributed by atoms with Gasteiger partial charge in [0.05, 0.1) is 25.4 Å². The molecule has 5 nitrogen and oxygen atoms in total. The first kappa shape index (κ1) is 14.8. The van der Waals surface area contributed by atoms with Crippen LogP contribution in [0.5, 0.6) is 0 Å². The Kier molecular flexibility index (Phi) is 2.44. The highest BCUT2D eigenvalue weighted by atomic mass is 16.6. The SMILES string of the molecule is COC(=O)C1=C(C(=O)OC)[C@H]2C3(CCCC3)[C@H]1[C@@]13O[C@@]21[C@H]1CC[C@H]3C1. The van der Waals surface area contributed by atoms with E-state index in [1.165, 1.54) is 46.3 Å². The van der Waals surface area contributed by atoms with Crippen molar-refractivity contribution >= 4 is 11.9 Å². The lowest BCUT2D eigenvalue weighted by Crippen LogP contribution is -2.42. The Balaban J connectivity index is 1.62. The molecule has 0 aromatic rings. The molecule has 1 heterocycles. The number of carbonyl (C=O) groups is 2. The Labute approximate surface area is 147 Å². The van der Waals surface area contributed by atoms with Crippen LogP contribution in [0.25, 0.3) is 0 Å². The zero-order chi connectivity index (χ0) is 17.2. The summed E-state index contributed by atoms with van der Waals surface area (Å²) in [5.41, 5.74) is 0.841. The Morgan fingerprint density at radius 3 is 1.84 bits per heavy atom. The second-order valence-electron chi connectivity index (χ2n) is 9.01. The first-order valence-corrected chi connectivity index (χ1v) is 9.69. The smallest absolute Gasteiger partial charge is 0.334 e. The Hall–Kier alpha value is -1.36. The van der Waals surface area contributed by atoms with E-state index in [1.54, 1.807) is 0 Å². The maximum atomic E-state index is 12.8. The topological polar surface area (TPSA) is 65.1 Å². The van der Waals surface area contributed by atoms with Crippen molar-refractivity contribution in [2.45, 2.75) is 56.1 Å². The fourth-order valence-electron chi connectivity index (χ4n) is 8.48. The van der Waals surface area contributed by atoms with Gasteiger partial charge in [-0.25, -0.2) is 9.59 Å². The van der Waals surface area contributed by atoms with Gasteiger partial charge >= 0.3 is 11.9 Å². The molecule has 0 radical (unpaired) electrons. The van der Waals surface area contributed by atoms with Crippen LogP contribution in [0.1, 0.15) is 44.9 Å². The third-order valence-corrected chi connectivity index (χ3v) is 8.77. The Morgan fingerprint density at radius 1 is 0.920 bits per heavy atom. The molecule has 1 spiro atoms. The number of hydrogen-bond donors (Lipinski definition) is 0. The van der Waals surface area contributed by atoms with Crippen molar-refractivity contribution in [3.05, 3.63) is 11.1 Å². The molecule has 0 aromatic carbocycles. The molecule has 5 heteroatoms. The van der Waals surface area contributed by atoms with E-state index >= 15 is 0 Å². The molecule has 134 valence electrons. The summed E-state index contributed by atoms with van der Waals surface area (Å²) in [5.74, 6) is 0.460. The monoisotopic (exact) mass is 344 g/mol. The third kappa shape index (κ3) is 1.20. The number of hydrogen-bond acceptors (Lipinski definition) is 5. The first-order chi connectivity index (χ1) is 12.1. The van der Waals surface area contributed by atoms with Crippen LogP contribution in [0.15, 0.2) is 11.1 Å². The summed E-state index contributed by atoms with van der Waals surface area (Å²) in [6.07, 6.45) is 8.15. The molecule has 25 heavy (non-hydrogen) atoms. The maximum Gasteiger partial charge on any atom is 0.334 e. The lowest BCUT2D eigenvalue weighted by Gasteiger charge is -2.38. The average molecular weight is 344 g/mol. The number of rotatable bonds is 2. The van der Waals surface area contributed by atoms with Gasteiger partial charge in [0, 0.05) is 11.8 Å². The molecule has 6 aliphatic rings. The van der Waals surface area contributed by atoms with Gasteiger partial charge in [-0.3, -0.25) is 0 Å². The molecule has 1 aliphatic heterocycles. The maximum absolute atomic E-state index is 12.8. The van der Waals surface area contributed by atoms with Gasteiger partial charge in [0.1, 0.15) is 11.2 Å². The highest BCUT2D eigenvalue weighted by molar-refractivity contribution is 6.04. The summed E-state index contributed by atoms with van der Waals surface area (Å²) in [5, 5.41) is 0. The van der Waals surface area contributed by atoms with E-state index in [0.717, 1.165) is 12.8 Å². The van der Waals surface area contributed by atoms with E-state index in [1.807, 2.05) is 0 Å². The van der Waals surface area contributed by atoms with Crippen molar-refractivity contribution in [3.63, 3.8) is 0 Å². The second-order valence-corrected chi connectivity index (χ2v) is 9.01. The van der Waals surface area contributed by atoms with E-state index in [4.69, 9.17) is 14.2 Å². The number of epoxide rings is 1. The number of methoxy groups -OCH3 is 2. The lowest BCUT2D eigenvalue weighted by atomic mass is 9.68. The van der Waals surface area contributed by atoms with Gasteiger partial charge in [0.15, 0.2) is 0 Å². The summed E-state index contributed by atoms with van der Waals surface area (Å²) < 4.78 is 16.9. The zero-order valence-electron chi connectivity index (χ0n) is 14.8. The summed E-state index contributed by atoms with van der Waals surface area (Å²) in [4.78, 5) is 25.6. The quantitative estimate of drug-likeness (QED) is 0.568. The number of esters is 2. The summed E-state index contributed by atoms with van der Waals surface area (Å²) in [7, 11) is 2.83. The van der Waals surface area contributed by atoms with Crippen molar-refractivity contribution in [2.24, 2.45) is 29.1 Å². The van der Waals surface area contributed by atoms with Gasteiger partial charge in [-0.05, 0) is 49.4 Å². The molecule has 0 amide bonds. The van der Waals surface area contributed by atoms with Gasteiger partial charge in [-0.1, -0.05) is 12.8 Å². The van der Waals surface area contributed by atoms with Gasteiger partial charge in [-0.15, -0.1) is 0 Å². The Bertz CT molecular complexity index is 693. The van der Waals surface area contributed by atoms with Crippen LogP contribution in [-0.4, -0.2) is 37.4 Å². The van der Waals surface area contributed by atoms with Crippen molar-refractivity contribution in [2.75, 3.05) is 14.2 Å². The third-order valence-electron chi connectivity index (χ3n) is 8.77. The molecule has 4 bridgehead atoms. The molecular formula is C20H24O5. The highest BCUT2D eigenvalue weighted by Crippen LogP contribution is 2.90. The van der Waals surface area contributed by atoms with Crippen molar-refractivity contribution < 1.29 is 23.8 Å². The van der Waals surface area contributed by atoms with Crippen molar-refractivity contribution in [1.82, 2.24) is 0 Å².